The Labute approximate surface area is 145 Å². The number of nitrogens with zero attached hydrogens (tertiary/aromatic N) is 4. The van der Waals surface area contributed by atoms with Gasteiger partial charge in [0.2, 0.25) is 5.89 Å². The lowest BCUT2D eigenvalue weighted by Crippen LogP contribution is -2.21. The fourth-order valence-electron chi connectivity index (χ4n) is 3.54. The molecule has 4 rings (SSSR count). The third-order valence-electron chi connectivity index (χ3n) is 4.79. The van der Waals surface area contributed by atoms with E-state index in [-0.39, 0.29) is 18.4 Å². The highest BCUT2D eigenvalue weighted by atomic mass is 16.5. The third-order valence-corrected chi connectivity index (χ3v) is 4.79. The Morgan fingerprint density at radius 3 is 2.84 bits per heavy atom. The Morgan fingerprint density at radius 1 is 1.28 bits per heavy atom. The summed E-state index contributed by atoms with van der Waals surface area (Å²) in [6, 6.07) is 10.2. The van der Waals surface area contributed by atoms with Gasteiger partial charge in [0, 0.05) is 37.7 Å². The van der Waals surface area contributed by atoms with Crippen molar-refractivity contribution < 1.29 is 9.63 Å². The minimum absolute atomic E-state index is 0.0678. The minimum atomic E-state index is 0.0678. The second-order valence-corrected chi connectivity index (χ2v) is 6.56. The van der Waals surface area contributed by atoms with Gasteiger partial charge in [-0.25, -0.2) is 0 Å². The minimum Gasteiger partial charge on any atom is -0.396 e. The van der Waals surface area contributed by atoms with Crippen LogP contribution in [0, 0.1) is 12.8 Å². The van der Waals surface area contributed by atoms with Crippen LogP contribution < -0.4 is 0 Å². The molecule has 25 heavy (non-hydrogen) atoms. The number of aromatic amines is 1. The molecule has 0 unspecified atom stereocenters. The van der Waals surface area contributed by atoms with E-state index in [1.165, 1.54) is 0 Å². The molecule has 2 N–H and O–H groups in total. The van der Waals surface area contributed by atoms with Gasteiger partial charge in [-0.3, -0.25) is 10.00 Å². The molecule has 0 aliphatic carbocycles. The summed E-state index contributed by atoms with van der Waals surface area (Å²) >= 11 is 0. The molecule has 130 valence electrons. The van der Waals surface area contributed by atoms with Crippen LogP contribution in [0.4, 0.5) is 0 Å². The van der Waals surface area contributed by atoms with Gasteiger partial charge in [-0.2, -0.15) is 10.1 Å². The first-order valence-corrected chi connectivity index (χ1v) is 8.45. The smallest absolute Gasteiger partial charge is 0.231 e. The van der Waals surface area contributed by atoms with Crippen LogP contribution in [0.5, 0.6) is 0 Å². The summed E-state index contributed by atoms with van der Waals surface area (Å²) in [5, 5.41) is 20.9. The Bertz CT molecular complexity index is 829. The third kappa shape index (κ3) is 3.20. The van der Waals surface area contributed by atoms with Crippen molar-refractivity contribution in [2.75, 3.05) is 19.7 Å². The van der Waals surface area contributed by atoms with Gasteiger partial charge < -0.3 is 9.63 Å². The van der Waals surface area contributed by atoms with Crippen LogP contribution in [-0.2, 0) is 6.54 Å². The molecule has 3 heterocycles. The van der Waals surface area contributed by atoms with Crippen LogP contribution in [0.2, 0.25) is 0 Å². The zero-order valence-corrected chi connectivity index (χ0v) is 14.1. The van der Waals surface area contributed by atoms with Gasteiger partial charge in [-0.15, -0.1) is 0 Å². The number of hydrogen-bond donors (Lipinski definition) is 2. The Hall–Kier alpha value is -2.51. The number of aromatic nitrogens is 4. The molecule has 0 radical (unpaired) electrons. The maximum atomic E-state index is 9.75. The zero-order chi connectivity index (χ0) is 17.2. The molecule has 1 aliphatic heterocycles. The Balaban J connectivity index is 1.52. The SMILES string of the molecule is Cc1noc([C@@H]2CN(Cc3cn[nH]c3-c3ccccc3)C[C@H]2CO)n1. The first kappa shape index (κ1) is 16.0. The number of hydrogen-bond acceptors (Lipinski definition) is 6. The average Bonchev–Trinajstić information content (AvgIpc) is 3.35. The average molecular weight is 339 g/mol. The molecule has 1 aliphatic rings. The van der Waals surface area contributed by atoms with E-state index in [1.54, 1.807) is 0 Å². The summed E-state index contributed by atoms with van der Waals surface area (Å²) in [6.07, 6.45) is 1.88. The topological polar surface area (TPSA) is 91.1 Å². The van der Waals surface area contributed by atoms with E-state index in [9.17, 15) is 5.11 Å². The summed E-state index contributed by atoms with van der Waals surface area (Å²) in [7, 11) is 0. The van der Waals surface area contributed by atoms with Gasteiger partial charge >= 0.3 is 0 Å². The standard InChI is InChI=1S/C18H21N5O2/c1-12-20-18(25-22-12)16-10-23(9-15(16)11-24)8-14-7-19-21-17(14)13-5-3-2-4-6-13/h2-7,15-16,24H,8-11H2,1H3,(H,19,21)/t15-,16+/m0/s1. The number of aliphatic hydroxyl groups excluding tert-OH is 1. The van der Waals surface area contributed by atoms with Crippen LogP contribution in [-0.4, -0.2) is 50.0 Å². The van der Waals surface area contributed by atoms with E-state index in [0.717, 1.165) is 36.5 Å². The zero-order valence-electron chi connectivity index (χ0n) is 14.1. The number of aryl methyl sites for hydroxylation is 1. The summed E-state index contributed by atoms with van der Waals surface area (Å²) in [5.41, 5.74) is 3.31. The van der Waals surface area contributed by atoms with Crippen molar-refractivity contribution in [2.45, 2.75) is 19.4 Å². The number of rotatable bonds is 5. The van der Waals surface area contributed by atoms with Crippen molar-refractivity contribution >= 4 is 0 Å². The summed E-state index contributed by atoms with van der Waals surface area (Å²) < 4.78 is 5.34. The van der Waals surface area contributed by atoms with Crippen molar-refractivity contribution in [3.63, 3.8) is 0 Å². The molecule has 7 heteroatoms. The van der Waals surface area contributed by atoms with Crippen LogP contribution >= 0.6 is 0 Å². The van der Waals surface area contributed by atoms with Crippen molar-refractivity contribution in [3.05, 3.63) is 53.8 Å². The first-order chi connectivity index (χ1) is 12.2. The second kappa shape index (κ2) is 6.78. The van der Waals surface area contributed by atoms with Crippen molar-refractivity contribution in [1.82, 2.24) is 25.2 Å². The molecule has 0 saturated carbocycles. The molecule has 0 bridgehead atoms. The van der Waals surface area contributed by atoms with E-state index in [0.29, 0.717) is 11.7 Å². The van der Waals surface area contributed by atoms with E-state index in [2.05, 4.69) is 37.4 Å². The maximum absolute atomic E-state index is 9.75. The number of H-pyrrole nitrogens is 1. The van der Waals surface area contributed by atoms with Gasteiger partial charge in [0.15, 0.2) is 5.82 Å². The number of aliphatic hydroxyl groups is 1. The molecule has 2 aromatic heterocycles. The molecule has 1 saturated heterocycles. The number of likely N-dealkylation sites (tertiary alicyclic amines) is 1. The maximum Gasteiger partial charge on any atom is 0.231 e. The lowest BCUT2D eigenvalue weighted by molar-refractivity contribution is 0.205. The summed E-state index contributed by atoms with van der Waals surface area (Å²) in [4.78, 5) is 6.66. The first-order valence-electron chi connectivity index (χ1n) is 8.45. The molecule has 1 aromatic carbocycles. The highest BCUT2D eigenvalue weighted by Crippen LogP contribution is 2.33. The highest BCUT2D eigenvalue weighted by molar-refractivity contribution is 5.62. The number of benzene rings is 1. The Morgan fingerprint density at radius 2 is 2.12 bits per heavy atom. The van der Waals surface area contributed by atoms with Crippen molar-refractivity contribution in [3.8, 4) is 11.3 Å². The fraction of sp³-hybridized carbons (Fsp3) is 0.389. The van der Waals surface area contributed by atoms with E-state index in [4.69, 9.17) is 4.52 Å². The second-order valence-electron chi connectivity index (χ2n) is 6.56. The summed E-state index contributed by atoms with van der Waals surface area (Å²) in [5.74, 6) is 1.42. The molecule has 0 amide bonds. The quantitative estimate of drug-likeness (QED) is 0.738. The lowest BCUT2D eigenvalue weighted by Gasteiger charge is -2.15. The van der Waals surface area contributed by atoms with Crippen LogP contribution in [0.15, 0.2) is 41.1 Å². The molecule has 2 atom stereocenters. The van der Waals surface area contributed by atoms with Gasteiger partial charge in [-0.05, 0) is 12.5 Å². The molecule has 1 fully saturated rings. The monoisotopic (exact) mass is 339 g/mol. The van der Waals surface area contributed by atoms with E-state index in [1.807, 2.05) is 31.3 Å². The summed E-state index contributed by atoms with van der Waals surface area (Å²) in [6.45, 7) is 4.26. The molecule has 7 nitrogen and oxygen atoms in total. The van der Waals surface area contributed by atoms with E-state index < -0.39 is 0 Å². The van der Waals surface area contributed by atoms with Crippen LogP contribution in [0.3, 0.4) is 0 Å². The van der Waals surface area contributed by atoms with Crippen LogP contribution in [0.1, 0.15) is 23.2 Å². The van der Waals surface area contributed by atoms with Gasteiger partial charge in [0.1, 0.15) is 0 Å². The fourth-order valence-corrected chi connectivity index (χ4v) is 3.54. The van der Waals surface area contributed by atoms with E-state index >= 15 is 0 Å². The predicted octanol–water partition coefficient (Wildman–Crippen LogP) is 1.98. The van der Waals surface area contributed by atoms with Gasteiger partial charge in [0.25, 0.3) is 0 Å². The Kier molecular flexibility index (Phi) is 4.33. The van der Waals surface area contributed by atoms with Gasteiger partial charge in [-0.1, -0.05) is 35.5 Å². The highest BCUT2D eigenvalue weighted by Gasteiger charge is 2.37. The molecular formula is C18H21N5O2. The molecule has 0 spiro atoms. The number of nitrogens with one attached hydrogen (secondary N) is 1. The largest absolute Gasteiger partial charge is 0.396 e. The van der Waals surface area contributed by atoms with Crippen molar-refractivity contribution in [2.24, 2.45) is 5.92 Å². The predicted molar refractivity (Wildman–Crippen MR) is 91.7 cm³/mol. The normalized spacial score (nSPS) is 21.0. The lowest BCUT2D eigenvalue weighted by atomic mass is 9.97. The van der Waals surface area contributed by atoms with Crippen molar-refractivity contribution in [1.29, 1.82) is 0 Å². The molecular weight excluding hydrogens is 318 g/mol. The molecule has 3 aromatic rings. The van der Waals surface area contributed by atoms with Crippen LogP contribution in [0.25, 0.3) is 11.3 Å². The van der Waals surface area contributed by atoms with Gasteiger partial charge in [0.05, 0.1) is 17.8 Å².